The van der Waals surface area contributed by atoms with Crippen LogP contribution in [0.2, 0.25) is 0 Å². The molecule has 1 aliphatic rings. The van der Waals surface area contributed by atoms with E-state index in [1.807, 2.05) is 36.4 Å². The second kappa shape index (κ2) is 9.94. The first-order valence-corrected chi connectivity index (χ1v) is 11.5. The minimum atomic E-state index is -0.436. The molecule has 0 spiro atoms. The Balaban J connectivity index is 1.91. The average Bonchev–Trinajstić information content (AvgIpc) is 3.16. The van der Waals surface area contributed by atoms with Gasteiger partial charge in [0, 0.05) is 26.2 Å². The lowest BCUT2D eigenvalue weighted by Crippen LogP contribution is -2.49. The number of piperazine rings is 1. The van der Waals surface area contributed by atoms with Crippen LogP contribution < -0.4 is 14.8 Å². The van der Waals surface area contributed by atoms with Gasteiger partial charge in [0.1, 0.15) is 16.5 Å². The largest absolute Gasteiger partial charge is 0.335 e. The van der Waals surface area contributed by atoms with Gasteiger partial charge in [0.25, 0.3) is 11.5 Å². The van der Waals surface area contributed by atoms with Crippen LogP contribution in [-0.2, 0) is 4.79 Å². The Hall–Kier alpha value is -3.54. The van der Waals surface area contributed by atoms with E-state index in [-0.39, 0.29) is 15.8 Å². The molecule has 168 valence electrons. The highest BCUT2D eigenvalue weighted by Gasteiger charge is 2.25. The number of nitrogens with zero attached hydrogens (tertiary/aromatic N) is 4. The standard InChI is InChI=1S/C25H23FN4O2S/c1-2-28-12-14-29(15-13-28)23(31)21(17-27)25-30(20-10-8-19(26)9-11-20)24(32)22(33-25)16-18-6-4-3-5-7-18/h3-11,16H,2,12-15H2,1H3/b22-16-,25-21+. The number of aromatic nitrogens is 1. The number of rotatable bonds is 4. The molecule has 0 saturated carbocycles. The maximum atomic E-state index is 13.5. The van der Waals surface area contributed by atoms with Gasteiger partial charge in [-0.3, -0.25) is 14.2 Å². The molecule has 1 aliphatic heterocycles. The van der Waals surface area contributed by atoms with Crippen LogP contribution in [0.25, 0.3) is 17.3 Å². The highest BCUT2D eigenvalue weighted by Crippen LogP contribution is 2.10. The Morgan fingerprint density at radius 2 is 1.76 bits per heavy atom. The number of likely N-dealkylation sites (N-methyl/N-ethyl adjacent to an activating group) is 1. The van der Waals surface area contributed by atoms with Crippen molar-refractivity contribution in [3.05, 3.63) is 85.5 Å². The second-order valence-corrected chi connectivity index (χ2v) is 8.69. The number of carbonyl (C=O) groups is 1. The summed E-state index contributed by atoms with van der Waals surface area (Å²) in [7, 11) is 0. The summed E-state index contributed by atoms with van der Waals surface area (Å²) >= 11 is 1.09. The van der Waals surface area contributed by atoms with Crippen LogP contribution in [-0.4, -0.2) is 53.0 Å². The van der Waals surface area contributed by atoms with E-state index in [0.717, 1.165) is 36.5 Å². The Morgan fingerprint density at radius 3 is 2.36 bits per heavy atom. The molecule has 4 rings (SSSR count). The fraction of sp³-hybridized carbons (Fsp3) is 0.240. The number of hydrogen-bond acceptors (Lipinski definition) is 5. The molecule has 1 fully saturated rings. The summed E-state index contributed by atoms with van der Waals surface area (Å²) < 4.78 is 15.5. The number of hydrogen-bond donors (Lipinski definition) is 0. The minimum absolute atomic E-state index is 0.0842. The van der Waals surface area contributed by atoms with Gasteiger partial charge >= 0.3 is 0 Å². The van der Waals surface area contributed by atoms with E-state index in [1.165, 1.54) is 28.8 Å². The Morgan fingerprint density at radius 1 is 1.09 bits per heavy atom. The van der Waals surface area contributed by atoms with Crippen molar-refractivity contribution in [2.75, 3.05) is 32.7 Å². The molecular formula is C25H23FN4O2S. The van der Waals surface area contributed by atoms with E-state index in [4.69, 9.17) is 0 Å². The van der Waals surface area contributed by atoms with Crippen LogP contribution in [0.4, 0.5) is 4.39 Å². The SMILES string of the molecule is CCN1CCN(C(=O)/C(C#N)=c2/s/c(=C\c3ccccc3)c(=O)n2-c2ccc(F)cc2)CC1. The lowest BCUT2D eigenvalue weighted by Gasteiger charge is -2.33. The lowest BCUT2D eigenvalue weighted by molar-refractivity contribution is -0.126. The summed E-state index contributed by atoms with van der Waals surface area (Å²) in [6, 6.07) is 16.8. The van der Waals surface area contributed by atoms with Gasteiger partial charge in [-0.1, -0.05) is 37.3 Å². The Bertz CT molecular complexity index is 1360. The molecule has 0 radical (unpaired) electrons. The molecule has 1 saturated heterocycles. The molecule has 0 aliphatic carbocycles. The Kier molecular flexibility index (Phi) is 6.82. The van der Waals surface area contributed by atoms with Crippen LogP contribution in [0.15, 0.2) is 59.4 Å². The summed E-state index contributed by atoms with van der Waals surface area (Å²) in [4.78, 5) is 30.6. The van der Waals surface area contributed by atoms with E-state index >= 15 is 0 Å². The van der Waals surface area contributed by atoms with Gasteiger partial charge in [-0.2, -0.15) is 5.26 Å². The predicted octanol–water partition coefficient (Wildman–Crippen LogP) is 1.71. The molecule has 0 atom stereocenters. The summed E-state index contributed by atoms with van der Waals surface area (Å²) in [6.07, 6.45) is 1.73. The predicted molar refractivity (Wildman–Crippen MR) is 127 cm³/mol. The molecule has 0 unspecified atom stereocenters. The first-order valence-electron chi connectivity index (χ1n) is 10.7. The average molecular weight is 463 g/mol. The monoisotopic (exact) mass is 462 g/mol. The Labute approximate surface area is 194 Å². The maximum absolute atomic E-state index is 13.5. The van der Waals surface area contributed by atoms with Crippen molar-refractivity contribution < 1.29 is 9.18 Å². The third-order valence-electron chi connectivity index (χ3n) is 5.65. The molecule has 2 aromatic carbocycles. The van der Waals surface area contributed by atoms with E-state index < -0.39 is 11.7 Å². The van der Waals surface area contributed by atoms with Crippen LogP contribution in [0.3, 0.4) is 0 Å². The topological polar surface area (TPSA) is 69.3 Å². The zero-order chi connectivity index (χ0) is 23.4. The molecule has 1 amide bonds. The smallest absolute Gasteiger partial charge is 0.273 e. The van der Waals surface area contributed by atoms with Gasteiger partial charge < -0.3 is 9.80 Å². The third-order valence-corrected chi connectivity index (χ3v) is 6.74. The van der Waals surface area contributed by atoms with Crippen molar-refractivity contribution in [3.8, 4) is 11.8 Å². The fourth-order valence-corrected chi connectivity index (χ4v) is 4.88. The van der Waals surface area contributed by atoms with Crippen LogP contribution >= 0.6 is 11.3 Å². The number of carbonyl (C=O) groups excluding carboxylic acids is 1. The maximum Gasteiger partial charge on any atom is 0.273 e. The highest BCUT2D eigenvalue weighted by molar-refractivity contribution is 7.07. The summed E-state index contributed by atoms with van der Waals surface area (Å²) in [5, 5.41) is 9.96. The highest BCUT2D eigenvalue weighted by atomic mass is 32.1. The lowest BCUT2D eigenvalue weighted by atomic mass is 10.2. The molecule has 1 aromatic heterocycles. The summed E-state index contributed by atoms with van der Waals surface area (Å²) in [5.41, 5.74) is 0.784. The van der Waals surface area contributed by atoms with Gasteiger partial charge in [-0.15, -0.1) is 11.3 Å². The first kappa shape index (κ1) is 22.6. The molecule has 0 N–H and O–H groups in total. The van der Waals surface area contributed by atoms with Crippen molar-refractivity contribution in [2.45, 2.75) is 6.92 Å². The molecule has 6 nitrogen and oxygen atoms in total. The number of halogens is 1. The number of benzene rings is 2. The molecule has 8 heteroatoms. The van der Waals surface area contributed by atoms with Crippen LogP contribution in [0, 0.1) is 17.1 Å². The van der Waals surface area contributed by atoms with Crippen molar-refractivity contribution in [2.24, 2.45) is 0 Å². The summed E-state index contributed by atoms with van der Waals surface area (Å²) in [5.74, 6) is -0.828. The molecule has 0 bridgehead atoms. The zero-order valence-electron chi connectivity index (χ0n) is 18.2. The van der Waals surface area contributed by atoms with Crippen molar-refractivity contribution in [1.29, 1.82) is 5.26 Å². The van der Waals surface area contributed by atoms with Crippen molar-refractivity contribution in [1.82, 2.24) is 14.4 Å². The van der Waals surface area contributed by atoms with Crippen molar-refractivity contribution >= 4 is 28.9 Å². The minimum Gasteiger partial charge on any atom is -0.335 e. The van der Waals surface area contributed by atoms with E-state index in [2.05, 4.69) is 11.8 Å². The second-order valence-electron chi connectivity index (χ2n) is 7.66. The molecule has 33 heavy (non-hydrogen) atoms. The molecular weight excluding hydrogens is 439 g/mol. The van der Waals surface area contributed by atoms with E-state index in [0.29, 0.717) is 23.3 Å². The van der Waals surface area contributed by atoms with Gasteiger partial charge in [-0.25, -0.2) is 4.39 Å². The molecule has 2 heterocycles. The van der Waals surface area contributed by atoms with Gasteiger partial charge in [0.05, 0.1) is 10.2 Å². The zero-order valence-corrected chi connectivity index (χ0v) is 19.0. The third kappa shape index (κ3) is 4.80. The van der Waals surface area contributed by atoms with Gasteiger partial charge in [-0.05, 0) is 42.4 Å². The first-order chi connectivity index (χ1) is 16.0. The molecule has 3 aromatic rings. The summed E-state index contributed by atoms with van der Waals surface area (Å²) in [6.45, 7) is 5.50. The fourth-order valence-electron chi connectivity index (χ4n) is 3.79. The van der Waals surface area contributed by atoms with E-state index in [1.54, 1.807) is 11.0 Å². The van der Waals surface area contributed by atoms with Gasteiger partial charge in [0.2, 0.25) is 0 Å². The quantitative estimate of drug-likeness (QED) is 0.592. The normalized spacial score (nSPS) is 15.9. The van der Waals surface area contributed by atoms with Crippen LogP contribution in [0.5, 0.6) is 0 Å². The van der Waals surface area contributed by atoms with Crippen molar-refractivity contribution in [3.63, 3.8) is 0 Å². The van der Waals surface area contributed by atoms with E-state index in [9.17, 15) is 19.2 Å². The number of amides is 1. The number of thiazole rings is 1. The number of nitriles is 1. The van der Waals surface area contributed by atoms with Crippen LogP contribution in [0.1, 0.15) is 12.5 Å². The van der Waals surface area contributed by atoms with Gasteiger partial charge in [0.15, 0.2) is 5.57 Å².